The molecule has 3 nitrogen and oxygen atoms in total. The minimum atomic E-state index is -0.399. The summed E-state index contributed by atoms with van der Waals surface area (Å²) in [6.45, 7) is 4.67. The van der Waals surface area contributed by atoms with Crippen molar-refractivity contribution in [3.63, 3.8) is 0 Å². The van der Waals surface area contributed by atoms with Crippen LogP contribution in [0.3, 0.4) is 0 Å². The smallest absolute Gasteiger partial charge is 0.147 e. The summed E-state index contributed by atoms with van der Waals surface area (Å²) in [6.07, 6.45) is 0.880. The summed E-state index contributed by atoms with van der Waals surface area (Å²) in [5, 5.41) is 11.9. The van der Waals surface area contributed by atoms with E-state index in [9.17, 15) is 4.39 Å². The van der Waals surface area contributed by atoms with E-state index in [1.807, 2.05) is 19.9 Å². The van der Waals surface area contributed by atoms with E-state index >= 15 is 0 Å². The third-order valence-corrected chi connectivity index (χ3v) is 3.40. The Bertz CT molecular complexity index is 469. The number of anilines is 1. The molecule has 2 unspecified atom stereocenters. The Balaban J connectivity index is 2.22. The van der Waals surface area contributed by atoms with Crippen molar-refractivity contribution in [1.29, 1.82) is 5.26 Å². The first-order chi connectivity index (χ1) is 8.05. The molecular formula is C13H15FN2O. The lowest BCUT2D eigenvalue weighted by atomic mass is 9.94. The van der Waals surface area contributed by atoms with E-state index < -0.39 is 5.82 Å². The number of halogens is 1. The van der Waals surface area contributed by atoms with E-state index in [-0.39, 0.29) is 11.6 Å². The highest BCUT2D eigenvalue weighted by Gasteiger charge is 2.37. The largest absolute Gasteiger partial charge is 0.376 e. The first kappa shape index (κ1) is 11.9. The maximum atomic E-state index is 13.7. The van der Waals surface area contributed by atoms with Gasteiger partial charge in [0.15, 0.2) is 0 Å². The van der Waals surface area contributed by atoms with Crippen LogP contribution in [-0.2, 0) is 4.74 Å². The zero-order valence-electron chi connectivity index (χ0n) is 9.96. The molecule has 0 aliphatic carbocycles. The third kappa shape index (κ3) is 2.25. The Morgan fingerprint density at radius 3 is 2.88 bits per heavy atom. The van der Waals surface area contributed by atoms with Crippen LogP contribution in [0, 0.1) is 17.1 Å². The van der Waals surface area contributed by atoms with Crippen molar-refractivity contribution in [2.24, 2.45) is 0 Å². The van der Waals surface area contributed by atoms with Crippen LogP contribution in [0.4, 0.5) is 10.1 Å². The van der Waals surface area contributed by atoms with Crippen LogP contribution in [0.15, 0.2) is 18.2 Å². The molecule has 90 valence electrons. The molecule has 4 heteroatoms. The SMILES string of the molecule is CC1OCCC1(C)Nc1ccc(C#N)cc1F. The predicted octanol–water partition coefficient (Wildman–Crippen LogP) is 2.68. The Morgan fingerprint density at radius 1 is 1.59 bits per heavy atom. The van der Waals surface area contributed by atoms with Gasteiger partial charge in [-0.1, -0.05) is 0 Å². The van der Waals surface area contributed by atoms with Crippen LogP contribution in [0.25, 0.3) is 0 Å². The molecule has 1 fully saturated rings. The van der Waals surface area contributed by atoms with Crippen LogP contribution in [0.1, 0.15) is 25.8 Å². The summed E-state index contributed by atoms with van der Waals surface area (Å²) in [5.74, 6) is -0.399. The molecule has 1 aromatic rings. The molecule has 1 aromatic carbocycles. The maximum absolute atomic E-state index is 13.7. The molecule has 17 heavy (non-hydrogen) atoms. The van der Waals surface area contributed by atoms with Gasteiger partial charge in [0.05, 0.1) is 29.0 Å². The van der Waals surface area contributed by atoms with Gasteiger partial charge in [-0.3, -0.25) is 0 Å². The van der Waals surface area contributed by atoms with E-state index in [2.05, 4.69) is 5.32 Å². The quantitative estimate of drug-likeness (QED) is 0.855. The molecule has 2 atom stereocenters. The average Bonchev–Trinajstić information content (AvgIpc) is 2.62. The number of hydrogen-bond donors (Lipinski definition) is 1. The zero-order valence-corrected chi connectivity index (χ0v) is 9.96. The van der Waals surface area contributed by atoms with Gasteiger partial charge in [-0.25, -0.2) is 4.39 Å². The van der Waals surface area contributed by atoms with E-state index in [0.29, 0.717) is 17.9 Å². The highest BCUT2D eigenvalue weighted by atomic mass is 19.1. The molecule has 1 aliphatic rings. The fraction of sp³-hybridized carbons (Fsp3) is 0.462. The van der Waals surface area contributed by atoms with E-state index in [1.54, 1.807) is 12.1 Å². The van der Waals surface area contributed by atoms with Gasteiger partial charge in [0.25, 0.3) is 0 Å². The number of hydrogen-bond acceptors (Lipinski definition) is 3. The standard InChI is InChI=1S/C13H15FN2O/c1-9-13(2,5-6-17-9)16-12-4-3-10(8-15)7-11(12)14/h3-4,7,9,16H,5-6H2,1-2H3. The lowest BCUT2D eigenvalue weighted by Gasteiger charge is -2.30. The van der Waals surface area contributed by atoms with Crippen molar-refractivity contribution in [2.75, 3.05) is 11.9 Å². The Labute approximate surface area is 100 Å². The van der Waals surface area contributed by atoms with Crippen molar-refractivity contribution >= 4 is 5.69 Å². The minimum Gasteiger partial charge on any atom is -0.376 e. The number of ether oxygens (including phenoxy) is 1. The van der Waals surface area contributed by atoms with Gasteiger partial charge in [0.1, 0.15) is 5.82 Å². The van der Waals surface area contributed by atoms with Gasteiger partial charge in [-0.2, -0.15) is 5.26 Å². The van der Waals surface area contributed by atoms with E-state index in [1.165, 1.54) is 6.07 Å². The number of rotatable bonds is 2. The lowest BCUT2D eigenvalue weighted by Crippen LogP contribution is -2.41. The van der Waals surface area contributed by atoms with Crippen LogP contribution >= 0.6 is 0 Å². The topological polar surface area (TPSA) is 45.0 Å². The molecule has 0 saturated carbocycles. The second-order valence-electron chi connectivity index (χ2n) is 4.61. The Hall–Kier alpha value is -1.60. The second kappa shape index (κ2) is 4.34. The third-order valence-electron chi connectivity index (χ3n) is 3.40. The van der Waals surface area contributed by atoms with Crippen molar-refractivity contribution in [1.82, 2.24) is 0 Å². The van der Waals surface area contributed by atoms with Crippen molar-refractivity contribution in [3.05, 3.63) is 29.6 Å². The van der Waals surface area contributed by atoms with Crippen LogP contribution < -0.4 is 5.32 Å². The normalized spacial score (nSPS) is 27.8. The van der Waals surface area contributed by atoms with Crippen molar-refractivity contribution in [3.8, 4) is 6.07 Å². The van der Waals surface area contributed by atoms with Crippen molar-refractivity contribution in [2.45, 2.75) is 31.9 Å². The van der Waals surface area contributed by atoms with Gasteiger partial charge < -0.3 is 10.1 Å². The number of benzene rings is 1. The first-order valence-electron chi connectivity index (χ1n) is 5.64. The molecule has 1 aliphatic heterocycles. The fourth-order valence-corrected chi connectivity index (χ4v) is 1.99. The van der Waals surface area contributed by atoms with Gasteiger partial charge in [-0.15, -0.1) is 0 Å². The van der Waals surface area contributed by atoms with Crippen LogP contribution in [0.5, 0.6) is 0 Å². The molecule has 1 saturated heterocycles. The highest BCUT2D eigenvalue weighted by molar-refractivity contribution is 5.50. The lowest BCUT2D eigenvalue weighted by molar-refractivity contribution is 0.105. The summed E-state index contributed by atoms with van der Waals surface area (Å²) < 4.78 is 19.2. The number of nitrogens with one attached hydrogen (secondary N) is 1. The molecule has 1 heterocycles. The first-order valence-corrected chi connectivity index (χ1v) is 5.64. The molecular weight excluding hydrogens is 219 g/mol. The van der Waals surface area contributed by atoms with E-state index in [4.69, 9.17) is 10.00 Å². The summed E-state index contributed by atoms with van der Waals surface area (Å²) in [7, 11) is 0. The molecule has 0 aromatic heterocycles. The van der Waals surface area contributed by atoms with Gasteiger partial charge >= 0.3 is 0 Å². The summed E-state index contributed by atoms with van der Waals surface area (Å²) in [4.78, 5) is 0. The Kier molecular flexibility index (Phi) is 3.03. The molecule has 0 bridgehead atoms. The summed E-state index contributed by atoms with van der Waals surface area (Å²) in [6, 6.07) is 6.36. The van der Waals surface area contributed by atoms with Gasteiger partial charge in [0, 0.05) is 6.61 Å². The van der Waals surface area contributed by atoms with E-state index in [0.717, 1.165) is 6.42 Å². The molecule has 1 N–H and O–H groups in total. The van der Waals surface area contributed by atoms with Crippen LogP contribution in [0.2, 0.25) is 0 Å². The Morgan fingerprint density at radius 2 is 2.35 bits per heavy atom. The highest BCUT2D eigenvalue weighted by Crippen LogP contribution is 2.30. The number of nitrogens with zero attached hydrogens (tertiary/aromatic N) is 1. The van der Waals surface area contributed by atoms with Crippen LogP contribution in [-0.4, -0.2) is 18.2 Å². The summed E-state index contributed by atoms with van der Waals surface area (Å²) >= 11 is 0. The molecule has 0 amide bonds. The maximum Gasteiger partial charge on any atom is 0.147 e. The molecule has 0 radical (unpaired) electrons. The minimum absolute atomic E-state index is 0.0394. The second-order valence-corrected chi connectivity index (χ2v) is 4.61. The zero-order chi connectivity index (χ0) is 12.5. The summed E-state index contributed by atoms with van der Waals surface area (Å²) in [5.41, 5.74) is 0.493. The average molecular weight is 234 g/mol. The predicted molar refractivity (Wildman–Crippen MR) is 63.2 cm³/mol. The van der Waals surface area contributed by atoms with Gasteiger partial charge in [-0.05, 0) is 38.5 Å². The fourth-order valence-electron chi connectivity index (χ4n) is 1.99. The number of nitriles is 1. The monoisotopic (exact) mass is 234 g/mol. The molecule has 0 spiro atoms. The van der Waals surface area contributed by atoms with Crippen molar-refractivity contribution < 1.29 is 9.13 Å². The molecule has 2 rings (SSSR count). The van der Waals surface area contributed by atoms with Gasteiger partial charge in [0.2, 0.25) is 0 Å².